The SMILES string of the molecule is COc1nc(C)c(NC(=O)Cc2c(F)cccc2Cl)c(C)n1. The van der Waals surface area contributed by atoms with Gasteiger partial charge in [0, 0.05) is 10.6 Å². The number of benzene rings is 1. The summed E-state index contributed by atoms with van der Waals surface area (Å²) in [4.78, 5) is 20.3. The number of anilines is 1. The molecule has 0 bridgehead atoms. The van der Waals surface area contributed by atoms with Crippen LogP contribution >= 0.6 is 11.6 Å². The molecule has 22 heavy (non-hydrogen) atoms. The molecule has 0 spiro atoms. The highest BCUT2D eigenvalue weighted by Gasteiger charge is 2.15. The summed E-state index contributed by atoms with van der Waals surface area (Å²) in [6.07, 6.45) is -0.170. The fourth-order valence-corrected chi connectivity index (χ4v) is 2.23. The molecule has 1 N–H and O–H groups in total. The molecular formula is C15H15ClFN3O2. The Balaban J connectivity index is 2.20. The average molecular weight is 324 g/mol. The number of nitrogens with one attached hydrogen (secondary N) is 1. The molecule has 5 nitrogen and oxygen atoms in total. The third-order valence-electron chi connectivity index (χ3n) is 3.10. The smallest absolute Gasteiger partial charge is 0.316 e. The Hall–Kier alpha value is -2.21. The first kappa shape index (κ1) is 16.2. The molecule has 0 aliphatic rings. The lowest BCUT2D eigenvalue weighted by molar-refractivity contribution is -0.115. The zero-order chi connectivity index (χ0) is 16.3. The number of nitrogens with zero attached hydrogens (tertiary/aromatic N) is 2. The van der Waals surface area contributed by atoms with Crippen molar-refractivity contribution in [3.05, 3.63) is 46.0 Å². The predicted molar refractivity (Wildman–Crippen MR) is 81.8 cm³/mol. The predicted octanol–water partition coefficient (Wildman–Crippen LogP) is 3.08. The molecule has 1 aromatic carbocycles. The summed E-state index contributed by atoms with van der Waals surface area (Å²) in [6.45, 7) is 3.45. The van der Waals surface area contributed by atoms with Crippen LogP contribution in [0, 0.1) is 19.7 Å². The van der Waals surface area contributed by atoms with E-state index in [0.29, 0.717) is 17.1 Å². The number of ether oxygens (including phenoxy) is 1. The molecule has 0 atom stereocenters. The first-order valence-electron chi connectivity index (χ1n) is 6.54. The maximum Gasteiger partial charge on any atom is 0.316 e. The molecule has 1 aromatic heterocycles. The zero-order valence-electron chi connectivity index (χ0n) is 12.4. The van der Waals surface area contributed by atoms with Crippen LogP contribution in [0.4, 0.5) is 10.1 Å². The number of halogens is 2. The van der Waals surface area contributed by atoms with Gasteiger partial charge in [-0.3, -0.25) is 4.79 Å². The van der Waals surface area contributed by atoms with Gasteiger partial charge in [-0.15, -0.1) is 0 Å². The molecule has 1 amide bonds. The van der Waals surface area contributed by atoms with E-state index in [0.717, 1.165) is 0 Å². The summed E-state index contributed by atoms with van der Waals surface area (Å²) < 4.78 is 18.7. The Bertz CT molecular complexity index is 679. The van der Waals surface area contributed by atoms with Gasteiger partial charge in [-0.05, 0) is 26.0 Å². The van der Waals surface area contributed by atoms with Crippen molar-refractivity contribution in [1.29, 1.82) is 0 Å². The van der Waals surface area contributed by atoms with Crippen LogP contribution in [0.3, 0.4) is 0 Å². The molecule has 0 fully saturated rings. The quantitative estimate of drug-likeness (QED) is 0.939. The zero-order valence-corrected chi connectivity index (χ0v) is 13.2. The van der Waals surface area contributed by atoms with Crippen molar-refractivity contribution in [3.8, 4) is 6.01 Å². The van der Waals surface area contributed by atoms with E-state index >= 15 is 0 Å². The number of aromatic nitrogens is 2. The molecule has 0 aliphatic heterocycles. The van der Waals surface area contributed by atoms with Gasteiger partial charge in [0.05, 0.1) is 30.6 Å². The van der Waals surface area contributed by atoms with Crippen LogP contribution < -0.4 is 10.1 Å². The number of methoxy groups -OCH3 is 1. The van der Waals surface area contributed by atoms with Crippen LogP contribution in [0.2, 0.25) is 5.02 Å². The van der Waals surface area contributed by atoms with Crippen molar-refractivity contribution < 1.29 is 13.9 Å². The van der Waals surface area contributed by atoms with Gasteiger partial charge in [0.15, 0.2) is 0 Å². The Kier molecular flexibility index (Phi) is 4.92. The minimum absolute atomic E-state index is 0.159. The Morgan fingerprint density at radius 1 is 1.32 bits per heavy atom. The van der Waals surface area contributed by atoms with E-state index in [4.69, 9.17) is 16.3 Å². The highest BCUT2D eigenvalue weighted by Crippen LogP contribution is 2.22. The second-order valence-corrected chi connectivity index (χ2v) is 5.09. The molecule has 7 heteroatoms. The normalized spacial score (nSPS) is 10.4. The first-order valence-corrected chi connectivity index (χ1v) is 6.92. The molecule has 0 aliphatic carbocycles. The van der Waals surface area contributed by atoms with E-state index in [9.17, 15) is 9.18 Å². The minimum atomic E-state index is -0.512. The lowest BCUT2D eigenvalue weighted by atomic mass is 10.1. The Labute approximate surface area is 132 Å². The topological polar surface area (TPSA) is 64.1 Å². The summed E-state index contributed by atoms with van der Waals surface area (Å²) in [5, 5.41) is 2.91. The molecular weight excluding hydrogens is 309 g/mol. The van der Waals surface area contributed by atoms with E-state index in [1.54, 1.807) is 19.9 Å². The number of carbonyl (C=O) groups excluding carboxylic acids is 1. The van der Waals surface area contributed by atoms with Crippen LogP contribution in [0.5, 0.6) is 6.01 Å². The van der Waals surface area contributed by atoms with Gasteiger partial charge in [0.1, 0.15) is 5.82 Å². The number of hydrogen-bond donors (Lipinski definition) is 1. The third-order valence-corrected chi connectivity index (χ3v) is 3.45. The molecule has 0 saturated carbocycles. The number of rotatable bonds is 4. The van der Waals surface area contributed by atoms with Gasteiger partial charge < -0.3 is 10.1 Å². The lowest BCUT2D eigenvalue weighted by Crippen LogP contribution is -2.18. The monoisotopic (exact) mass is 323 g/mol. The van der Waals surface area contributed by atoms with Crippen LogP contribution in [-0.4, -0.2) is 23.0 Å². The maximum absolute atomic E-state index is 13.7. The van der Waals surface area contributed by atoms with E-state index in [2.05, 4.69) is 15.3 Å². The summed E-state index contributed by atoms with van der Waals surface area (Å²) in [6, 6.07) is 4.53. The minimum Gasteiger partial charge on any atom is -0.467 e. The highest BCUT2D eigenvalue weighted by atomic mass is 35.5. The molecule has 1 heterocycles. The van der Waals surface area contributed by atoms with Crippen molar-refractivity contribution in [2.45, 2.75) is 20.3 Å². The van der Waals surface area contributed by atoms with Gasteiger partial charge in [0.2, 0.25) is 5.91 Å². The van der Waals surface area contributed by atoms with Crippen molar-refractivity contribution >= 4 is 23.2 Å². The lowest BCUT2D eigenvalue weighted by Gasteiger charge is -2.12. The second kappa shape index (κ2) is 6.70. The van der Waals surface area contributed by atoms with Gasteiger partial charge in [-0.2, -0.15) is 9.97 Å². The Morgan fingerprint density at radius 3 is 2.50 bits per heavy atom. The van der Waals surface area contributed by atoms with Crippen molar-refractivity contribution in [2.75, 3.05) is 12.4 Å². The van der Waals surface area contributed by atoms with Gasteiger partial charge in [-0.1, -0.05) is 17.7 Å². The molecule has 0 saturated heterocycles. The van der Waals surface area contributed by atoms with E-state index < -0.39 is 11.7 Å². The number of aryl methyl sites for hydroxylation is 2. The van der Waals surface area contributed by atoms with Crippen LogP contribution in [0.15, 0.2) is 18.2 Å². The van der Waals surface area contributed by atoms with Crippen LogP contribution in [-0.2, 0) is 11.2 Å². The van der Waals surface area contributed by atoms with E-state index in [1.165, 1.54) is 19.2 Å². The number of amides is 1. The van der Waals surface area contributed by atoms with Gasteiger partial charge >= 0.3 is 6.01 Å². The Morgan fingerprint density at radius 2 is 1.95 bits per heavy atom. The standard InChI is InChI=1S/C15H15ClFN3O2/c1-8-14(9(2)19-15(18-8)22-3)20-13(21)7-10-11(16)5-4-6-12(10)17/h4-6H,7H2,1-3H3,(H,20,21). The van der Waals surface area contributed by atoms with Crippen LogP contribution in [0.25, 0.3) is 0 Å². The van der Waals surface area contributed by atoms with E-state index in [1.807, 2.05) is 0 Å². The largest absolute Gasteiger partial charge is 0.467 e. The fraction of sp³-hybridized carbons (Fsp3) is 0.267. The fourth-order valence-electron chi connectivity index (χ4n) is 2.00. The maximum atomic E-state index is 13.7. The molecule has 116 valence electrons. The summed E-state index contributed by atoms with van der Waals surface area (Å²) in [7, 11) is 1.46. The van der Waals surface area contributed by atoms with Crippen molar-refractivity contribution in [2.24, 2.45) is 0 Å². The summed E-state index contributed by atoms with van der Waals surface area (Å²) >= 11 is 5.92. The first-order chi connectivity index (χ1) is 10.4. The second-order valence-electron chi connectivity index (χ2n) is 4.68. The molecule has 2 aromatic rings. The van der Waals surface area contributed by atoms with Crippen molar-refractivity contribution in [1.82, 2.24) is 9.97 Å². The van der Waals surface area contributed by atoms with Crippen molar-refractivity contribution in [3.63, 3.8) is 0 Å². The molecule has 2 rings (SSSR count). The highest BCUT2D eigenvalue weighted by molar-refractivity contribution is 6.31. The number of hydrogen-bond acceptors (Lipinski definition) is 4. The average Bonchev–Trinajstić information content (AvgIpc) is 2.46. The number of carbonyl (C=O) groups is 1. The van der Waals surface area contributed by atoms with E-state index in [-0.39, 0.29) is 23.0 Å². The molecule has 0 unspecified atom stereocenters. The van der Waals surface area contributed by atoms with Gasteiger partial charge in [0.25, 0.3) is 0 Å². The summed E-state index contributed by atoms with van der Waals surface area (Å²) in [5.41, 5.74) is 1.78. The third kappa shape index (κ3) is 3.51. The van der Waals surface area contributed by atoms with Crippen LogP contribution in [0.1, 0.15) is 17.0 Å². The van der Waals surface area contributed by atoms with Gasteiger partial charge in [-0.25, -0.2) is 4.39 Å². The summed E-state index contributed by atoms with van der Waals surface area (Å²) in [5.74, 6) is -0.908. The molecule has 0 radical (unpaired) electrons.